The van der Waals surface area contributed by atoms with Crippen molar-refractivity contribution >= 4 is 29.5 Å². The Hall–Kier alpha value is -1.31. The highest BCUT2D eigenvalue weighted by molar-refractivity contribution is 6.33. The Labute approximate surface area is 110 Å². The van der Waals surface area contributed by atoms with Crippen LogP contribution in [0.15, 0.2) is 36.4 Å². The molecule has 17 heavy (non-hydrogen) atoms. The molecule has 86 valence electrons. The standard InChI is InChI=1S/C14H10Cl2O/c1-9-6-13(14(16)7-11(9)8-17)10-2-4-12(15)5-3-10/h2-8H,1H3. The largest absolute Gasteiger partial charge is 0.298 e. The molecule has 0 heterocycles. The van der Waals surface area contributed by atoms with Crippen LogP contribution in [0.1, 0.15) is 15.9 Å². The molecule has 0 radical (unpaired) electrons. The van der Waals surface area contributed by atoms with Gasteiger partial charge in [-0.2, -0.15) is 0 Å². The lowest BCUT2D eigenvalue weighted by Gasteiger charge is -2.08. The first-order chi connectivity index (χ1) is 8.11. The molecule has 2 aromatic rings. The number of rotatable bonds is 2. The van der Waals surface area contributed by atoms with Crippen molar-refractivity contribution in [2.75, 3.05) is 0 Å². The Morgan fingerprint density at radius 1 is 1.06 bits per heavy atom. The molecule has 0 saturated carbocycles. The van der Waals surface area contributed by atoms with Crippen LogP contribution in [0.25, 0.3) is 11.1 Å². The molecule has 0 aliphatic heterocycles. The molecule has 0 fully saturated rings. The van der Waals surface area contributed by atoms with Crippen LogP contribution in [0.3, 0.4) is 0 Å². The molecular weight excluding hydrogens is 255 g/mol. The highest BCUT2D eigenvalue weighted by atomic mass is 35.5. The third-order valence-electron chi connectivity index (χ3n) is 2.64. The fourth-order valence-electron chi connectivity index (χ4n) is 1.67. The molecule has 1 nitrogen and oxygen atoms in total. The topological polar surface area (TPSA) is 17.1 Å². The maximum atomic E-state index is 10.8. The van der Waals surface area contributed by atoms with Gasteiger partial charge in [0, 0.05) is 21.2 Å². The Bertz CT molecular complexity index is 559. The van der Waals surface area contributed by atoms with Crippen molar-refractivity contribution < 1.29 is 4.79 Å². The average molecular weight is 265 g/mol. The molecule has 0 N–H and O–H groups in total. The van der Waals surface area contributed by atoms with Crippen molar-refractivity contribution in [1.82, 2.24) is 0 Å². The number of halogens is 2. The van der Waals surface area contributed by atoms with E-state index < -0.39 is 0 Å². The normalized spacial score (nSPS) is 10.3. The molecule has 0 atom stereocenters. The Kier molecular flexibility index (Phi) is 3.51. The van der Waals surface area contributed by atoms with Gasteiger partial charge in [0.1, 0.15) is 6.29 Å². The minimum absolute atomic E-state index is 0.569. The number of hydrogen-bond acceptors (Lipinski definition) is 1. The summed E-state index contributed by atoms with van der Waals surface area (Å²) in [5.41, 5.74) is 3.42. The minimum atomic E-state index is 0.569. The second-order valence-electron chi connectivity index (χ2n) is 3.81. The van der Waals surface area contributed by atoms with Gasteiger partial charge in [0.05, 0.1) is 0 Å². The van der Waals surface area contributed by atoms with Gasteiger partial charge in [-0.3, -0.25) is 4.79 Å². The van der Waals surface area contributed by atoms with Crippen LogP contribution in [0.5, 0.6) is 0 Å². The summed E-state index contributed by atoms with van der Waals surface area (Å²) in [5, 5.41) is 1.26. The van der Waals surface area contributed by atoms with Crippen LogP contribution >= 0.6 is 23.2 Å². The Balaban J connectivity index is 2.56. The van der Waals surface area contributed by atoms with Gasteiger partial charge in [0.25, 0.3) is 0 Å². The highest BCUT2D eigenvalue weighted by Crippen LogP contribution is 2.30. The summed E-state index contributed by atoms with van der Waals surface area (Å²) < 4.78 is 0. The van der Waals surface area contributed by atoms with E-state index in [9.17, 15) is 4.79 Å². The molecule has 2 aromatic carbocycles. The quantitative estimate of drug-likeness (QED) is 0.714. The lowest BCUT2D eigenvalue weighted by Crippen LogP contribution is -1.89. The lowest BCUT2D eigenvalue weighted by molar-refractivity contribution is 0.112. The molecule has 0 aliphatic carbocycles. The first-order valence-corrected chi connectivity index (χ1v) is 5.88. The van der Waals surface area contributed by atoms with E-state index in [1.165, 1.54) is 0 Å². The highest BCUT2D eigenvalue weighted by Gasteiger charge is 2.07. The Morgan fingerprint density at radius 3 is 2.29 bits per heavy atom. The predicted molar refractivity (Wildman–Crippen MR) is 72.0 cm³/mol. The zero-order chi connectivity index (χ0) is 12.4. The zero-order valence-corrected chi connectivity index (χ0v) is 10.7. The number of hydrogen-bond donors (Lipinski definition) is 0. The number of carbonyl (C=O) groups is 1. The van der Waals surface area contributed by atoms with Crippen LogP contribution < -0.4 is 0 Å². The van der Waals surface area contributed by atoms with Gasteiger partial charge < -0.3 is 0 Å². The summed E-state index contributed by atoms with van der Waals surface area (Å²) in [5.74, 6) is 0. The first-order valence-electron chi connectivity index (χ1n) is 5.13. The summed E-state index contributed by atoms with van der Waals surface area (Å²) in [4.78, 5) is 10.8. The van der Waals surface area contributed by atoms with Crippen molar-refractivity contribution in [2.24, 2.45) is 0 Å². The zero-order valence-electron chi connectivity index (χ0n) is 9.21. The molecule has 0 unspecified atom stereocenters. The van der Waals surface area contributed by atoms with E-state index in [-0.39, 0.29) is 0 Å². The SMILES string of the molecule is Cc1cc(-c2ccc(Cl)cc2)c(Cl)cc1C=O. The van der Waals surface area contributed by atoms with Gasteiger partial charge in [-0.25, -0.2) is 0 Å². The van der Waals surface area contributed by atoms with E-state index in [4.69, 9.17) is 23.2 Å². The van der Waals surface area contributed by atoms with Crippen molar-refractivity contribution in [3.63, 3.8) is 0 Å². The van der Waals surface area contributed by atoms with Gasteiger partial charge in [-0.15, -0.1) is 0 Å². The van der Waals surface area contributed by atoms with E-state index in [2.05, 4.69) is 0 Å². The second-order valence-corrected chi connectivity index (χ2v) is 4.66. The summed E-state index contributed by atoms with van der Waals surface area (Å²) in [6.07, 6.45) is 0.812. The van der Waals surface area contributed by atoms with Crippen molar-refractivity contribution in [3.8, 4) is 11.1 Å². The third-order valence-corrected chi connectivity index (χ3v) is 3.20. The van der Waals surface area contributed by atoms with Crippen molar-refractivity contribution in [3.05, 3.63) is 57.6 Å². The first kappa shape index (κ1) is 12.2. The number of benzene rings is 2. The fourth-order valence-corrected chi connectivity index (χ4v) is 2.08. The molecule has 0 bridgehead atoms. The third kappa shape index (κ3) is 2.51. The van der Waals surface area contributed by atoms with E-state index >= 15 is 0 Å². The molecule has 0 aliphatic rings. The van der Waals surface area contributed by atoms with E-state index in [1.54, 1.807) is 6.07 Å². The average Bonchev–Trinajstić information content (AvgIpc) is 2.33. The number of aryl methyl sites for hydroxylation is 1. The van der Waals surface area contributed by atoms with Crippen LogP contribution in [0.2, 0.25) is 10.0 Å². The van der Waals surface area contributed by atoms with Gasteiger partial charge in [-0.1, -0.05) is 35.3 Å². The molecule has 0 spiro atoms. The molecule has 0 aromatic heterocycles. The summed E-state index contributed by atoms with van der Waals surface area (Å²) in [7, 11) is 0. The van der Waals surface area contributed by atoms with Gasteiger partial charge in [0.15, 0.2) is 0 Å². The van der Waals surface area contributed by atoms with E-state index in [0.29, 0.717) is 15.6 Å². The maximum absolute atomic E-state index is 10.8. The van der Waals surface area contributed by atoms with Gasteiger partial charge in [0.2, 0.25) is 0 Å². The van der Waals surface area contributed by atoms with Crippen LogP contribution in [0, 0.1) is 6.92 Å². The molecule has 0 amide bonds. The van der Waals surface area contributed by atoms with Crippen LogP contribution in [-0.2, 0) is 0 Å². The number of aldehydes is 1. The smallest absolute Gasteiger partial charge is 0.150 e. The lowest BCUT2D eigenvalue weighted by atomic mass is 10.0. The van der Waals surface area contributed by atoms with Crippen molar-refractivity contribution in [1.29, 1.82) is 0 Å². The maximum Gasteiger partial charge on any atom is 0.150 e. The fraction of sp³-hybridized carbons (Fsp3) is 0.0714. The summed E-state index contributed by atoms with van der Waals surface area (Å²) in [6, 6.07) is 11.0. The van der Waals surface area contributed by atoms with E-state index in [0.717, 1.165) is 23.0 Å². The van der Waals surface area contributed by atoms with Gasteiger partial charge >= 0.3 is 0 Å². The van der Waals surface area contributed by atoms with Crippen molar-refractivity contribution in [2.45, 2.75) is 6.92 Å². The monoisotopic (exact) mass is 264 g/mol. The van der Waals surface area contributed by atoms with E-state index in [1.807, 2.05) is 37.3 Å². The van der Waals surface area contributed by atoms with Crippen LogP contribution in [0.4, 0.5) is 0 Å². The summed E-state index contributed by atoms with van der Waals surface area (Å²) >= 11 is 12.0. The minimum Gasteiger partial charge on any atom is -0.298 e. The molecule has 3 heteroatoms. The second kappa shape index (κ2) is 4.91. The molecule has 0 saturated heterocycles. The van der Waals surface area contributed by atoms with Crippen LogP contribution in [-0.4, -0.2) is 6.29 Å². The summed E-state index contributed by atoms with van der Waals surface area (Å²) in [6.45, 7) is 1.89. The number of carbonyl (C=O) groups excluding carboxylic acids is 1. The van der Waals surface area contributed by atoms with Gasteiger partial charge in [-0.05, 0) is 42.3 Å². The Morgan fingerprint density at radius 2 is 1.71 bits per heavy atom. The molecular formula is C14H10Cl2O. The predicted octanol–water partition coefficient (Wildman–Crippen LogP) is 4.78. The molecule has 2 rings (SSSR count).